The quantitative estimate of drug-likeness (QED) is 0.347. The van der Waals surface area contributed by atoms with Gasteiger partial charge in [-0.2, -0.15) is 0 Å². The molecule has 1 heterocycles. The first-order chi connectivity index (χ1) is 13.1. The number of rotatable bonds is 9. The molecule has 2 aromatic carbocycles. The van der Waals surface area contributed by atoms with E-state index in [4.69, 9.17) is 25.5 Å². The van der Waals surface area contributed by atoms with E-state index in [1.54, 1.807) is 24.3 Å². The van der Waals surface area contributed by atoms with E-state index in [1.165, 1.54) is 22.9 Å². The van der Waals surface area contributed by atoms with E-state index in [-0.39, 0.29) is 6.61 Å². The molecule has 1 aromatic heterocycles. The van der Waals surface area contributed by atoms with Crippen LogP contribution in [0.15, 0.2) is 52.1 Å². The van der Waals surface area contributed by atoms with Crippen LogP contribution >= 0.6 is 23.4 Å². The highest BCUT2D eigenvalue weighted by molar-refractivity contribution is 7.99. The zero-order valence-electron chi connectivity index (χ0n) is 15.3. The molecule has 0 spiro atoms. The number of nitrogens with zero attached hydrogens (tertiary/aromatic N) is 2. The summed E-state index contributed by atoms with van der Waals surface area (Å²) in [5.74, 6) is 2.90. The van der Waals surface area contributed by atoms with Crippen LogP contribution in [0.3, 0.4) is 0 Å². The summed E-state index contributed by atoms with van der Waals surface area (Å²) >= 11 is 7.36. The molecular formula is C20H21ClN2O3S. The Hall–Kier alpha value is -2.18. The van der Waals surface area contributed by atoms with E-state index in [0.29, 0.717) is 28.5 Å². The molecule has 0 aliphatic rings. The fraction of sp³-hybridized carbons (Fsp3) is 0.300. The van der Waals surface area contributed by atoms with Crippen molar-refractivity contribution in [2.45, 2.75) is 32.1 Å². The van der Waals surface area contributed by atoms with Gasteiger partial charge in [0.2, 0.25) is 0 Å². The minimum Gasteiger partial charge on any atom is -0.494 e. The van der Waals surface area contributed by atoms with Crippen molar-refractivity contribution in [3.05, 3.63) is 64.5 Å². The van der Waals surface area contributed by atoms with Gasteiger partial charge < -0.3 is 13.9 Å². The Labute approximate surface area is 168 Å². The third kappa shape index (κ3) is 6.48. The van der Waals surface area contributed by atoms with E-state index in [1.807, 2.05) is 12.1 Å². The number of aromatic nitrogens is 2. The number of aryl methyl sites for hydroxylation is 2. The molecule has 0 atom stereocenters. The first-order valence-corrected chi connectivity index (χ1v) is 9.99. The topological polar surface area (TPSA) is 57.4 Å². The maximum Gasteiger partial charge on any atom is 0.276 e. The van der Waals surface area contributed by atoms with Gasteiger partial charge in [0.05, 0.1) is 6.61 Å². The molecule has 0 radical (unpaired) electrons. The van der Waals surface area contributed by atoms with Gasteiger partial charge in [-0.05, 0) is 67.8 Å². The largest absolute Gasteiger partial charge is 0.494 e. The lowest BCUT2D eigenvalue weighted by molar-refractivity contribution is 0.252. The average Bonchev–Trinajstić information content (AvgIpc) is 3.08. The molecule has 0 bridgehead atoms. The van der Waals surface area contributed by atoms with E-state index >= 15 is 0 Å². The van der Waals surface area contributed by atoms with Crippen molar-refractivity contribution >= 4 is 23.4 Å². The van der Waals surface area contributed by atoms with Crippen molar-refractivity contribution < 1.29 is 13.9 Å². The van der Waals surface area contributed by atoms with Crippen molar-refractivity contribution in [2.24, 2.45) is 0 Å². The number of halogens is 1. The molecule has 0 amide bonds. The molecule has 7 heteroatoms. The monoisotopic (exact) mass is 404 g/mol. The number of benzene rings is 2. The Morgan fingerprint density at radius 1 is 0.963 bits per heavy atom. The van der Waals surface area contributed by atoms with Crippen LogP contribution in [0.1, 0.15) is 23.4 Å². The van der Waals surface area contributed by atoms with E-state index in [9.17, 15) is 0 Å². The summed E-state index contributed by atoms with van der Waals surface area (Å²) in [7, 11) is 0. The third-order valence-electron chi connectivity index (χ3n) is 3.60. The predicted octanol–water partition coefficient (Wildman–Crippen LogP) is 5.48. The minimum absolute atomic E-state index is 0.227. The molecule has 5 nitrogen and oxygen atoms in total. The Morgan fingerprint density at radius 3 is 2.44 bits per heavy atom. The molecule has 27 heavy (non-hydrogen) atoms. The van der Waals surface area contributed by atoms with Gasteiger partial charge >= 0.3 is 0 Å². The van der Waals surface area contributed by atoms with Gasteiger partial charge in [0.25, 0.3) is 11.1 Å². The fourth-order valence-corrected chi connectivity index (χ4v) is 3.27. The van der Waals surface area contributed by atoms with Crippen LogP contribution in [0.25, 0.3) is 0 Å². The first kappa shape index (κ1) is 19.6. The summed E-state index contributed by atoms with van der Waals surface area (Å²) in [6.45, 7) is 5.01. The van der Waals surface area contributed by atoms with Gasteiger partial charge in [-0.25, -0.2) is 0 Å². The Morgan fingerprint density at radius 2 is 1.70 bits per heavy atom. The summed E-state index contributed by atoms with van der Waals surface area (Å²) in [5, 5.41) is 9.23. The van der Waals surface area contributed by atoms with Crippen LogP contribution in [0.2, 0.25) is 5.02 Å². The van der Waals surface area contributed by atoms with Crippen LogP contribution in [-0.4, -0.2) is 22.6 Å². The van der Waals surface area contributed by atoms with E-state index < -0.39 is 0 Å². The maximum absolute atomic E-state index is 5.84. The lowest BCUT2D eigenvalue weighted by Gasteiger charge is -2.07. The SMILES string of the molecule is Cc1cc(C)cc(OCCCSc2nnc(COc3ccc(Cl)cc3)o2)c1. The highest BCUT2D eigenvalue weighted by atomic mass is 35.5. The van der Waals surface area contributed by atoms with E-state index in [0.717, 1.165) is 17.9 Å². The van der Waals surface area contributed by atoms with Crippen LogP contribution in [0.4, 0.5) is 0 Å². The van der Waals surface area contributed by atoms with Gasteiger partial charge in [-0.1, -0.05) is 29.4 Å². The second-order valence-corrected chi connectivity index (χ2v) is 7.56. The number of thioether (sulfide) groups is 1. The van der Waals surface area contributed by atoms with Crippen molar-refractivity contribution in [1.29, 1.82) is 0 Å². The molecule has 0 N–H and O–H groups in total. The summed E-state index contributed by atoms with van der Waals surface area (Å²) in [6, 6.07) is 13.4. The molecule has 0 saturated carbocycles. The van der Waals surface area contributed by atoms with Crippen LogP contribution in [-0.2, 0) is 6.61 Å². The van der Waals surface area contributed by atoms with Gasteiger partial charge in [0.15, 0.2) is 6.61 Å². The standard InChI is InChI=1S/C20H21ClN2O3S/c1-14-10-15(2)12-18(11-14)24-8-3-9-27-20-23-22-19(26-20)13-25-17-6-4-16(21)5-7-17/h4-7,10-12H,3,8-9,13H2,1-2H3. The van der Waals surface area contributed by atoms with Crippen molar-refractivity contribution in [3.63, 3.8) is 0 Å². The predicted molar refractivity (Wildman–Crippen MR) is 107 cm³/mol. The molecule has 0 aliphatic carbocycles. The molecule has 0 aliphatic heterocycles. The number of ether oxygens (including phenoxy) is 2. The van der Waals surface area contributed by atoms with Crippen molar-refractivity contribution in [3.8, 4) is 11.5 Å². The second kappa shape index (κ2) is 9.67. The van der Waals surface area contributed by atoms with Crippen molar-refractivity contribution in [2.75, 3.05) is 12.4 Å². The molecule has 3 aromatic rings. The lowest BCUT2D eigenvalue weighted by atomic mass is 10.1. The van der Waals surface area contributed by atoms with Gasteiger partial charge in [-0.3, -0.25) is 0 Å². The number of hydrogen-bond acceptors (Lipinski definition) is 6. The Kier molecular flexibility index (Phi) is 7.01. The van der Waals surface area contributed by atoms with Gasteiger partial charge in [-0.15, -0.1) is 10.2 Å². The molecule has 142 valence electrons. The summed E-state index contributed by atoms with van der Waals surface area (Å²) in [5.41, 5.74) is 2.41. The van der Waals surface area contributed by atoms with Crippen LogP contribution in [0.5, 0.6) is 11.5 Å². The fourth-order valence-electron chi connectivity index (χ4n) is 2.46. The van der Waals surface area contributed by atoms with E-state index in [2.05, 4.69) is 30.1 Å². The molecule has 0 fully saturated rings. The maximum atomic E-state index is 5.84. The van der Waals surface area contributed by atoms with Crippen LogP contribution in [0, 0.1) is 13.8 Å². The zero-order valence-corrected chi connectivity index (χ0v) is 16.8. The summed E-state index contributed by atoms with van der Waals surface area (Å²) in [6.07, 6.45) is 0.886. The third-order valence-corrected chi connectivity index (χ3v) is 4.76. The summed E-state index contributed by atoms with van der Waals surface area (Å²) < 4.78 is 17.0. The second-order valence-electron chi connectivity index (χ2n) is 6.08. The van der Waals surface area contributed by atoms with Gasteiger partial charge in [0.1, 0.15) is 11.5 Å². The van der Waals surface area contributed by atoms with Crippen LogP contribution < -0.4 is 9.47 Å². The molecular weight excluding hydrogens is 384 g/mol. The zero-order chi connectivity index (χ0) is 19.1. The van der Waals surface area contributed by atoms with Gasteiger partial charge in [0, 0.05) is 10.8 Å². The lowest BCUT2D eigenvalue weighted by Crippen LogP contribution is -1.99. The molecule has 0 saturated heterocycles. The highest BCUT2D eigenvalue weighted by Gasteiger charge is 2.07. The smallest absolute Gasteiger partial charge is 0.276 e. The minimum atomic E-state index is 0.227. The molecule has 0 unspecified atom stereocenters. The summed E-state index contributed by atoms with van der Waals surface area (Å²) in [4.78, 5) is 0. The molecule has 3 rings (SSSR count). The first-order valence-electron chi connectivity index (χ1n) is 8.63. The average molecular weight is 405 g/mol. The Balaban J connectivity index is 1.36. The normalized spacial score (nSPS) is 10.8. The number of hydrogen-bond donors (Lipinski definition) is 0. The van der Waals surface area contributed by atoms with Crippen molar-refractivity contribution in [1.82, 2.24) is 10.2 Å². The Bertz CT molecular complexity index is 848. The highest BCUT2D eigenvalue weighted by Crippen LogP contribution is 2.20.